The van der Waals surface area contributed by atoms with Crippen molar-refractivity contribution in [3.8, 4) is 17.6 Å². The van der Waals surface area contributed by atoms with E-state index in [1.54, 1.807) is 18.2 Å². The van der Waals surface area contributed by atoms with Gasteiger partial charge in [-0.3, -0.25) is 4.79 Å². The van der Waals surface area contributed by atoms with Gasteiger partial charge in [-0.05, 0) is 23.8 Å². The lowest BCUT2D eigenvalue weighted by Gasteiger charge is -2.21. The number of para-hydroxylation sites is 1. The fourth-order valence-electron chi connectivity index (χ4n) is 2.46. The van der Waals surface area contributed by atoms with Crippen LogP contribution < -0.4 is 14.8 Å². The smallest absolute Gasteiger partial charge is 0.251 e. The van der Waals surface area contributed by atoms with Crippen LogP contribution in [0.3, 0.4) is 0 Å². The standard InChI is InChI=1S/C18H16N2O3/c19-8-7-13-3-1-4-14(11-13)18(21)20-12-15-5-2-6-16-17(15)23-10-9-22-16/h1-6,11H,7,9-10,12H2,(H,20,21). The van der Waals surface area contributed by atoms with Crippen LogP contribution >= 0.6 is 0 Å². The Labute approximate surface area is 134 Å². The normalized spacial score (nSPS) is 12.3. The number of ether oxygens (including phenoxy) is 2. The van der Waals surface area contributed by atoms with E-state index in [4.69, 9.17) is 14.7 Å². The van der Waals surface area contributed by atoms with E-state index < -0.39 is 0 Å². The largest absolute Gasteiger partial charge is 0.486 e. The minimum atomic E-state index is -0.181. The zero-order chi connectivity index (χ0) is 16.1. The van der Waals surface area contributed by atoms with E-state index in [0.29, 0.717) is 43.2 Å². The summed E-state index contributed by atoms with van der Waals surface area (Å²) in [6, 6.07) is 14.8. The van der Waals surface area contributed by atoms with Gasteiger partial charge in [0, 0.05) is 17.7 Å². The molecule has 0 radical (unpaired) electrons. The fraction of sp³-hybridized carbons (Fsp3) is 0.222. The van der Waals surface area contributed by atoms with Gasteiger partial charge >= 0.3 is 0 Å². The Morgan fingerprint density at radius 1 is 1.17 bits per heavy atom. The number of carbonyl (C=O) groups is 1. The topological polar surface area (TPSA) is 71.4 Å². The van der Waals surface area contributed by atoms with Crippen molar-refractivity contribution in [3.05, 3.63) is 59.2 Å². The molecule has 1 aliphatic rings. The van der Waals surface area contributed by atoms with Gasteiger partial charge in [0.15, 0.2) is 11.5 Å². The van der Waals surface area contributed by atoms with Gasteiger partial charge in [-0.15, -0.1) is 0 Å². The monoisotopic (exact) mass is 308 g/mol. The highest BCUT2D eigenvalue weighted by atomic mass is 16.6. The summed E-state index contributed by atoms with van der Waals surface area (Å²) in [6.07, 6.45) is 0.290. The number of rotatable bonds is 4. The molecule has 1 N–H and O–H groups in total. The summed E-state index contributed by atoms with van der Waals surface area (Å²) in [4.78, 5) is 12.3. The number of hydrogen-bond acceptors (Lipinski definition) is 4. The molecule has 116 valence electrons. The molecular weight excluding hydrogens is 292 g/mol. The molecule has 0 fully saturated rings. The molecule has 1 amide bonds. The van der Waals surface area contributed by atoms with Crippen LogP contribution in [0.2, 0.25) is 0 Å². The molecule has 23 heavy (non-hydrogen) atoms. The first-order valence-electron chi connectivity index (χ1n) is 7.39. The maximum atomic E-state index is 12.3. The number of hydrogen-bond donors (Lipinski definition) is 1. The first kappa shape index (κ1) is 14.9. The van der Waals surface area contributed by atoms with Gasteiger partial charge < -0.3 is 14.8 Å². The molecule has 0 aromatic heterocycles. The number of fused-ring (bicyclic) bond motifs is 1. The average Bonchev–Trinajstić information content (AvgIpc) is 2.60. The Hall–Kier alpha value is -3.00. The Bertz CT molecular complexity index is 765. The molecule has 0 atom stereocenters. The number of nitrogens with one attached hydrogen (secondary N) is 1. The Balaban J connectivity index is 1.70. The highest BCUT2D eigenvalue weighted by Crippen LogP contribution is 2.33. The molecule has 0 spiro atoms. The molecular formula is C18H16N2O3. The van der Waals surface area contributed by atoms with E-state index in [0.717, 1.165) is 11.1 Å². The van der Waals surface area contributed by atoms with E-state index in [-0.39, 0.29) is 5.91 Å². The molecule has 0 unspecified atom stereocenters. The molecule has 1 heterocycles. The molecule has 2 aromatic carbocycles. The summed E-state index contributed by atoms with van der Waals surface area (Å²) in [7, 11) is 0. The number of nitrogens with zero attached hydrogens (tertiary/aromatic N) is 1. The van der Waals surface area contributed by atoms with Crippen LogP contribution in [0.4, 0.5) is 0 Å². The van der Waals surface area contributed by atoms with Crippen molar-refractivity contribution in [1.29, 1.82) is 5.26 Å². The van der Waals surface area contributed by atoms with Crippen LogP contribution in [0.15, 0.2) is 42.5 Å². The average molecular weight is 308 g/mol. The van der Waals surface area contributed by atoms with Crippen molar-refractivity contribution in [1.82, 2.24) is 5.32 Å². The summed E-state index contributed by atoms with van der Waals surface area (Å²) in [6.45, 7) is 1.40. The minimum Gasteiger partial charge on any atom is -0.486 e. The molecule has 0 bridgehead atoms. The van der Waals surface area contributed by atoms with Crippen molar-refractivity contribution in [2.24, 2.45) is 0 Å². The maximum absolute atomic E-state index is 12.3. The fourth-order valence-corrected chi connectivity index (χ4v) is 2.46. The van der Waals surface area contributed by atoms with Gasteiger partial charge in [0.2, 0.25) is 0 Å². The van der Waals surface area contributed by atoms with Crippen LogP contribution in [-0.2, 0) is 13.0 Å². The van der Waals surface area contributed by atoms with Gasteiger partial charge in [-0.25, -0.2) is 0 Å². The minimum absolute atomic E-state index is 0.181. The number of nitriles is 1. The summed E-state index contributed by atoms with van der Waals surface area (Å²) in [5.74, 6) is 1.22. The SMILES string of the molecule is N#CCc1cccc(C(=O)NCc2cccc3c2OCCO3)c1. The third kappa shape index (κ3) is 3.43. The van der Waals surface area contributed by atoms with Gasteiger partial charge in [-0.2, -0.15) is 5.26 Å². The van der Waals surface area contributed by atoms with Crippen LogP contribution in [0, 0.1) is 11.3 Å². The van der Waals surface area contributed by atoms with Crippen molar-refractivity contribution >= 4 is 5.91 Å². The van der Waals surface area contributed by atoms with Crippen LogP contribution in [0.25, 0.3) is 0 Å². The van der Waals surface area contributed by atoms with Crippen molar-refractivity contribution in [2.45, 2.75) is 13.0 Å². The molecule has 5 heteroatoms. The second kappa shape index (κ2) is 6.84. The molecule has 1 aliphatic heterocycles. The van der Waals surface area contributed by atoms with Crippen molar-refractivity contribution in [3.63, 3.8) is 0 Å². The van der Waals surface area contributed by atoms with Gasteiger partial charge in [0.05, 0.1) is 12.5 Å². The molecule has 0 saturated carbocycles. The maximum Gasteiger partial charge on any atom is 0.251 e. The second-order valence-corrected chi connectivity index (χ2v) is 5.16. The third-order valence-corrected chi connectivity index (χ3v) is 3.56. The first-order chi connectivity index (χ1) is 11.3. The van der Waals surface area contributed by atoms with Crippen molar-refractivity contribution < 1.29 is 14.3 Å². The number of benzene rings is 2. The number of carbonyl (C=O) groups excluding carboxylic acids is 1. The zero-order valence-electron chi connectivity index (χ0n) is 12.5. The highest BCUT2D eigenvalue weighted by molar-refractivity contribution is 5.94. The third-order valence-electron chi connectivity index (χ3n) is 3.56. The molecule has 0 saturated heterocycles. The zero-order valence-corrected chi connectivity index (χ0v) is 12.5. The van der Waals surface area contributed by atoms with E-state index in [9.17, 15) is 4.79 Å². The lowest BCUT2D eigenvalue weighted by Crippen LogP contribution is -2.24. The predicted octanol–water partition coefficient (Wildman–Crippen LogP) is 2.45. The summed E-state index contributed by atoms with van der Waals surface area (Å²) in [5, 5.41) is 11.6. The molecule has 2 aromatic rings. The molecule has 5 nitrogen and oxygen atoms in total. The first-order valence-corrected chi connectivity index (χ1v) is 7.39. The quantitative estimate of drug-likeness (QED) is 0.942. The van der Waals surface area contributed by atoms with Gasteiger partial charge in [-0.1, -0.05) is 24.3 Å². The van der Waals surface area contributed by atoms with Crippen LogP contribution in [0.5, 0.6) is 11.5 Å². The Morgan fingerprint density at radius 3 is 2.87 bits per heavy atom. The summed E-state index contributed by atoms with van der Waals surface area (Å²) >= 11 is 0. The van der Waals surface area contributed by atoms with Crippen LogP contribution in [0.1, 0.15) is 21.5 Å². The molecule has 0 aliphatic carbocycles. The lowest BCUT2D eigenvalue weighted by atomic mass is 10.1. The Kier molecular flexibility index (Phi) is 4.44. The van der Waals surface area contributed by atoms with E-state index in [1.165, 1.54) is 0 Å². The van der Waals surface area contributed by atoms with Crippen LogP contribution in [-0.4, -0.2) is 19.1 Å². The highest BCUT2D eigenvalue weighted by Gasteiger charge is 2.16. The molecule has 3 rings (SSSR count). The van der Waals surface area contributed by atoms with E-state index >= 15 is 0 Å². The summed E-state index contributed by atoms with van der Waals surface area (Å²) in [5.41, 5.74) is 2.25. The number of amides is 1. The van der Waals surface area contributed by atoms with Gasteiger partial charge in [0.1, 0.15) is 13.2 Å². The Morgan fingerprint density at radius 2 is 2.00 bits per heavy atom. The predicted molar refractivity (Wildman–Crippen MR) is 84.4 cm³/mol. The van der Waals surface area contributed by atoms with E-state index in [2.05, 4.69) is 11.4 Å². The summed E-state index contributed by atoms with van der Waals surface area (Å²) < 4.78 is 11.2. The van der Waals surface area contributed by atoms with Crippen molar-refractivity contribution in [2.75, 3.05) is 13.2 Å². The lowest BCUT2D eigenvalue weighted by molar-refractivity contribution is 0.0950. The second-order valence-electron chi connectivity index (χ2n) is 5.16. The van der Waals surface area contributed by atoms with Gasteiger partial charge in [0.25, 0.3) is 5.91 Å². The van der Waals surface area contributed by atoms with E-state index in [1.807, 2.05) is 24.3 Å².